The lowest BCUT2D eigenvalue weighted by Crippen LogP contribution is -2.52. The summed E-state index contributed by atoms with van der Waals surface area (Å²) in [5.74, 6) is 0.880. The van der Waals surface area contributed by atoms with Gasteiger partial charge in [0.15, 0.2) is 11.5 Å². The highest BCUT2D eigenvalue weighted by Crippen LogP contribution is 2.38. The van der Waals surface area contributed by atoms with Crippen LogP contribution in [-0.2, 0) is 17.6 Å². The van der Waals surface area contributed by atoms with Crippen molar-refractivity contribution in [1.29, 1.82) is 0 Å². The number of rotatable bonds is 7. The normalized spacial score (nSPS) is 17.5. The number of benzene rings is 2. The molecule has 0 aliphatic heterocycles. The predicted molar refractivity (Wildman–Crippen MR) is 119 cm³/mol. The average molecular weight is 436 g/mol. The number of hydrogen-bond donors (Lipinski definition) is 0. The van der Waals surface area contributed by atoms with Crippen molar-refractivity contribution in [2.75, 3.05) is 42.0 Å². The lowest BCUT2D eigenvalue weighted by atomic mass is 9.77. The zero-order chi connectivity index (χ0) is 21.0. The molecule has 0 spiro atoms. The summed E-state index contributed by atoms with van der Waals surface area (Å²) in [6.45, 7) is 0.309. The predicted octanol–water partition coefficient (Wildman–Crippen LogP) is 3.78. The summed E-state index contributed by atoms with van der Waals surface area (Å²) in [7, 11) is 8.66. The molecule has 2 aromatic carbocycles. The van der Waals surface area contributed by atoms with Gasteiger partial charge in [-0.25, -0.2) is 4.79 Å². The fourth-order valence-corrected chi connectivity index (χ4v) is 3.90. The van der Waals surface area contributed by atoms with Crippen LogP contribution >= 0.6 is 12.4 Å². The van der Waals surface area contributed by atoms with Crippen LogP contribution in [0.25, 0.3) is 0 Å². The van der Waals surface area contributed by atoms with Crippen LogP contribution in [0, 0.1) is 0 Å². The van der Waals surface area contributed by atoms with Gasteiger partial charge in [0.05, 0.1) is 32.4 Å². The van der Waals surface area contributed by atoms with Gasteiger partial charge in [-0.3, -0.25) is 0 Å². The fraction of sp³-hybridized carbons (Fsp3) is 0.435. The molecule has 6 nitrogen and oxygen atoms in total. The number of hydrogen-bond acceptors (Lipinski definition) is 6. The Hall–Kier alpha value is -2.44. The Morgan fingerprint density at radius 2 is 1.60 bits per heavy atom. The number of carbonyl (C=O) groups excluding carboxylic acids is 1. The molecule has 0 aromatic heterocycles. The molecule has 0 heterocycles. The van der Waals surface area contributed by atoms with Gasteiger partial charge in [-0.05, 0) is 56.6 Å². The number of methoxy groups -OCH3 is 3. The largest absolute Gasteiger partial charge is 0.493 e. The Bertz CT molecular complexity index is 861. The number of ether oxygens (including phenoxy) is 4. The van der Waals surface area contributed by atoms with E-state index in [4.69, 9.17) is 18.9 Å². The zero-order valence-electron chi connectivity index (χ0n) is 18.2. The van der Waals surface area contributed by atoms with Gasteiger partial charge >= 0.3 is 5.97 Å². The number of carbonyl (C=O) groups is 1. The first kappa shape index (κ1) is 23.8. The second kappa shape index (κ2) is 10.0. The van der Waals surface area contributed by atoms with E-state index in [0.29, 0.717) is 29.4 Å². The lowest BCUT2D eigenvalue weighted by molar-refractivity contribution is 0.00995. The van der Waals surface area contributed by atoms with Crippen LogP contribution in [0.3, 0.4) is 0 Å². The summed E-state index contributed by atoms with van der Waals surface area (Å²) in [5.41, 5.74) is 2.83. The summed E-state index contributed by atoms with van der Waals surface area (Å²) >= 11 is 0. The second-order valence-electron chi connectivity index (χ2n) is 7.55. The third-order valence-corrected chi connectivity index (χ3v) is 5.82. The highest BCUT2D eigenvalue weighted by Gasteiger charge is 2.38. The Morgan fingerprint density at radius 3 is 2.13 bits per heavy atom. The molecule has 0 fully saturated rings. The van der Waals surface area contributed by atoms with Crippen molar-refractivity contribution in [3.8, 4) is 17.2 Å². The fourth-order valence-electron chi connectivity index (χ4n) is 3.90. The minimum Gasteiger partial charge on any atom is -0.493 e. The standard InChI is InChI=1S/C23H29NO5.ClH/c1-24(2)23(11-10-16-8-6-7-9-17(16)14-23)15-29-22(25)18-12-19(26-3)21(28-5)20(13-18)27-4;/h6-9,12-13H,10-11,14-15H2,1-5H3;1H. The van der Waals surface area contributed by atoms with E-state index in [-0.39, 0.29) is 17.9 Å². The van der Waals surface area contributed by atoms with Crippen LogP contribution in [0.4, 0.5) is 0 Å². The molecule has 2 aromatic rings. The van der Waals surface area contributed by atoms with E-state index >= 15 is 0 Å². The van der Waals surface area contributed by atoms with Gasteiger partial charge < -0.3 is 23.8 Å². The SMILES string of the molecule is COc1cc(C(=O)OCC2(N(C)C)CCc3ccccc3C2)cc(OC)c1OC.Cl. The molecule has 3 rings (SSSR count). The van der Waals surface area contributed by atoms with E-state index in [9.17, 15) is 4.79 Å². The highest BCUT2D eigenvalue weighted by atomic mass is 35.5. The Balaban J connectivity index is 0.00000320. The van der Waals surface area contributed by atoms with Gasteiger partial charge in [-0.2, -0.15) is 0 Å². The van der Waals surface area contributed by atoms with Crippen molar-refractivity contribution in [3.05, 3.63) is 53.1 Å². The third-order valence-electron chi connectivity index (χ3n) is 5.82. The van der Waals surface area contributed by atoms with E-state index in [1.165, 1.54) is 32.5 Å². The molecule has 0 saturated heterocycles. The number of likely N-dealkylation sites (N-methyl/N-ethyl adjacent to an activating group) is 1. The summed E-state index contributed by atoms with van der Waals surface area (Å²) in [5, 5.41) is 0. The smallest absolute Gasteiger partial charge is 0.338 e. The van der Waals surface area contributed by atoms with Gasteiger partial charge in [-0.15, -0.1) is 12.4 Å². The summed E-state index contributed by atoms with van der Waals surface area (Å²) in [6, 6.07) is 11.7. The van der Waals surface area contributed by atoms with Gasteiger partial charge in [0.2, 0.25) is 5.75 Å². The number of fused-ring (bicyclic) bond motifs is 1. The minimum atomic E-state index is -0.413. The molecular weight excluding hydrogens is 406 g/mol. The maximum atomic E-state index is 12.8. The van der Waals surface area contributed by atoms with Crippen LogP contribution in [0.1, 0.15) is 27.9 Å². The molecule has 1 unspecified atom stereocenters. The van der Waals surface area contributed by atoms with E-state index in [0.717, 1.165) is 19.3 Å². The summed E-state index contributed by atoms with van der Waals surface area (Å²) in [4.78, 5) is 15.0. The van der Waals surface area contributed by atoms with Crippen molar-refractivity contribution < 1.29 is 23.7 Å². The molecule has 0 bridgehead atoms. The maximum Gasteiger partial charge on any atom is 0.338 e. The van der Waals surface area contributed by atoms with Crippen molar-refractivity contribution in [3.63, 3.8) is 0 Å². The van der Waals surface area contributed by atoms with Crippen molar-refractivity contribution in [2.45, 2.75) is 24.8 Å². The van der Waals surface area contributed by atoms with E-state index in [1.807, 2.05) is 14.1 Å². The molecule has 1 aliphatic rings. The number of esters is 1. The van der Waals surface area contributed by atoms with Crippen molar-refractivity contribution in [2.24, 2.45) is 0 Å². The first-order valence-corrected chi connectivity index (χ1v) is 9.65. The Morgan fingerprint density at radius 1 is 1.00 bits per heavy atom. The Kier molecular flexibility index (Phi) is 7.98. The number of nitrogens with zero attached hydrogens (tertiary/aromatic N) is 1. The summed E-state index contributed by atoms with van der Waals surface area (Å²) < 4.78 is 21.8. The van der Waals surface area contributed by atoms with Crippen molar-refractivity contribution >= 4 is 18.4 Å². The van der Waals surface area contributed by atoms with Gasteiger partial charge in [-0.1, -0.05) is 24.3 Å². The first-order valence-electron chi connectivity index (χ1n) is 9.65. The molecule has 0 saturated carbocycles. The van der Waals surface area contributed by atoms with Crippen LogP contribution in [0.2, 0.25) is 0 Å². The highest BCUT2D eigenvalue weighted by molar-refractivity contribution is 5.91. The molecule has 1 aliphatic carbocycles. The van der Waals surface area contributed by atoms with Crippen molar-refractivity contribution in [1.82, 2.24) is 4.90 Å². The molecule has 30 heavy (non-hydrogen) atoms. The monoisotopic (exact) mass is 435 g/mol. The van der Waals surface area contributed by atoms with Gasteiger partial charge in [0, 0.05) is 0 Å². The van der Waals surface area contributed by atoms with E-state index in [2.05, 4.69) is 29.2 Å². The quantitative estimate of drug-likeness (QED) is 0.617. The lowest BCUT2D eigenvalue weighted by Gasteiger charge is -2.43. The molecule has 164 valence electrons. The Labute approximate surface area is 184 Å². The summed E-state index contributed by atoms with van der Waals surface area (Å²) in [6.07, 6.45) is 2.74. The molecule has 0 amide bonds. The minimum absolute atomic E-state index is 0. The molecular formula is C23H30ClNO5. The van der Waals surface area contributed by atoms with Crippen LogP contribution in [0.5, 0.6) is 17.2 Å². The van der Waals surface area contributed by atoms with Crippen LogP contribution in [0.15, 0.2) is 36.4 Å². The number of halogens is 1. The molecule has 0 radical (unpaired) electrons. The molecule has 1 atom stereocenters. The zero-order valence-corrected chi connectivity index (χ0v) is 19.0. The molecule has 0 N–H and O–H groups in total. The number of aryl methyl sites for hydroxylation is 1. The first-order chi connectivity index (χ1) is 13.9. The topological polar surface area (TPSA) is 57.2 Å². The second-order valence-corrected chi connectivity index (χ2v) is 7.55. The van der Waals surface area contributed by atoms with Gasteiger partial charge in [0.1, 0.15) is 6.61 Å². The van der Waals surface area contributed by atoms with Gasteiger partial charge in [0.25, 0.3) is 0 Å². The average Bonchev–Trinajstić information content (AvgIpc) is 2.75. The van der Waals surface area contributed by atoms with E-state index in [1.54, 1.807) is 12.1 Å². The van der Waals surface area contributed by atoms with Crippen LogP contribution < -0.4 is 14.2 Å². The maximum absolute atomic E-state index is 12.8. The van der Waals surface area contributed by atoms with Crippen LogP contribution in [-0.4, -0.2) is 58.4 Å². The molecule has 7 heteroatoms. The third kappa shape index (κ3) is 4.65. The van der Waals surface area contributed by atoms with E-state index < -0.39 is 5.97 Å².